The van der Waals surface area contributed by atoms with Crippen molar-refractivity contribution in [1.82, 2.24) is 9.97 Å². The highest BCUT2D eigenvalue weighted by Gasteiger charge is 2.09. The Balaban J connectivity index is 2.49. The van der Waals surface area contributed by atoms with Gasteiger partial charge in [0.2, 0.25) is 0 Å². The van der Waals surface area contributed by atoms with E-state index in [1.807, 2.05) is 0 Å². The topological polar surface area (TPSA) is 42.9 Å². The van der Waals surface area contributed by atoms with E-state index in [0.717, 1.165) is 0 Å². The zero-order chi connectivity index (χ0) is 9.97. The lowest BCUT2D eigenvalue weighted by molar-refractivity contribution is 0.111. The van der Waals surface area contributed by atoms with Gasteiger partial charge in [0, 0.05) is 11.6 Å². The van der Waals surface area contributed by atoms with E-state index in [4.69, 9.17) is 0 Å². The summed E-state index contributed by atoms with van der Waals surface area (Å²) in [5.41, 5.74) is 0.487. The summed E-state index contributed by atoms with van der Waals surface area (Å²) >= 11 is 1.20. The van der Waals surface area contributed by atoms with Crippen LogP contribution in [0, 0.1) is 5.82 Å². The summed E-state index contributed by atoms with van der Waals surface area (Å²) in [7, 11) is 0. The quantitative estimate of drug-likeness (QED) is 0.710. The van der Waals surface area contributed by atoms with Gasteiger partial charge in [0.15, 0.2) is 12.1 Å². The fraction of sp³-hybridized carbons (Fsp3) is 0. The van der Waals surface area contributed by atoms with Crippen LogP contribution in [0.15, 0.2) is 23.7 Å². The number of pyridine rings is 1. The van der Waals surface area contributed by atoms with Crippen LogP contribution in [0.1, 0.15) is 10.5 Å². The van der Waals surface area contributed by atoms with Gasteiger partial charge in [0.1, 0.15) is 16.4 Å². The first-order valence-corrected chi connectivity index (χ1v) is 4.71. The van der Waals surface area contributed by atoms with E-state index < -0.39 is 5.82 Å². The van der Waals surface area contributed by atoms with Gasteiger partial charge < -0.3 is 0 Å². The van der Waals surface area contributed by atoms with Crippen LogP contribution < -0.4 is 0 Å². The molecule has 14 heavy (non-hydrogen) atoms. The zero-order valence-corrected chi connectivity index (χ0v) is 7.79. The highest BCUT2D eigenvalue weighted by Crippen LogP contribution is 2.23. The standard InChI is InChI=1S/C9H5FN2OS/c10-7-2-1-3-11-8(7)9-12-6(4-13)5-14-9/h1-5H. The van der Waals surface area contributed by atoms with Crippen LogP contribution in [0.3, 0.4) is 0 Å². The average molecular weight is 208 g/mol. The minimum absolute atomic E-state index is 0.186. The summed E-state index contributed by atoms with van der Waals surface area (Å²) in [6.45, 7) is 0. The summed E-state index contributed by atoms with van der Waals surface area (Å²) in [6.07, 6.45) is 2.11. The largest absolute Gasteiger partial charge is 0.296 e. The van der Waals surface area contributed by atoms with Crippen LogP contribution in [-0.2, 0) is 0 Å². The molecule has 2 rings (SSSR count). The van der Waals surface area contributed by atoms with E-state index in [2.05, 4.69) is 9.97 Å². The van der Waals surface area contributed by atoms with Crippen LogP contribution in [0.25, 0.3) is 10.7 Å². The van der Waals surface area contributed by atoms with Crippen molar-refractivity contribution in [1.29, 1.82) is 0 Å². The lowest BCUT2D eigenvalue weighted by Gasteiger charge is -1.95. The number of nitrogens with zero attached hydrogens (tertiary/aromatic N) is 2. The number of hydrogen-bond donors (Lipinski definition) is 0. The second-order valence-corrected chi connectivity index (χ2v) is 3.39. The highest BCUT2D eigenvalue weighted by molar-refractivity contribution is 7.13. The molecule has 0 N–H and O–H groups in total. The van der Waals surface area contributed by atoms with Crippen LogP contribution in [-0.4, -0.2) is 16.3 Å². The molecule has 3 nitrogen and oxygen atoms in total. The van der Waals surface area contributed by atoms with Gasteiger partial charge in [-0.05, 0) is 12.1 Å². The molecule has 0 saturated heterocycles. The summed E-state index contributed by atoms with van der Waals surface area (Å²) < 4.78 is 13.2. The van der Waals surface area contributed by atoms with Gasteiger partial charge in [-0.3, -0.25) is 9.78 Å². The Morgan fingerprint density at radius 2 is 2.36 bits per heavy atom. The molecule has 0 aliphatic heterocycles. The maximum absolute atomic E-state index is 13.2. The summed E-state index contributed by atoms with van der Waals surface area (Å²) in [5, 5.41) is 1.99. The third-order valence-electron chi connectivity index (χ3n) is 1.60. The van der Waals surface area contributed by atoms with E-state index in [1.54, 1.807) is 5.38 Å². The molecule has 0 radical (unpaired) electrons. The van der Waals surface area contributed by atoms with Gasteiger partial charge in [-0.15, -0.1) is 11.3 Å². The Kier molecular flexibility index (Phi) is 2.32. The van der Waals surface area contributed by atoms with Gasteiger partial charge in [-0.1, -0.05) is 0 Å². The van der Waals surface area contributed by atoms with Crippen molar-refractivity contribution in [2.75, 3.05) is 0 Å². The lowest BCUT2D eigenvalue weighted by atomic mass is 10.3. The second-order valence-electron chi connectivity index (χ2n) is 2.53. The van der Waals surface area contributed by atoms with Gasteiger partial charge >= 0.3 is 0 Å². The predicted octanol–water partition coefficient (Wildman–Crippen LogP) is 2.16. The smallest absolute Gasteiger partial charge is 0.169 e. The maximum Gasteiger partial charge on any atom is 0.169 e. The number of carbonyl (C=O) groups is 1. The molecule has 0 unspecified atom stereocenters. The van der Waals surface area contributed by atoms with Crippen LogP contribution in [0.4, 0.5) is 4.39 Å². The molecule has 0 aliphatic rings. The van der Waals surface area contributed by atoms with Crippen molar-refractivity contribution < 1.29 is 9.18 Å². The van der Waals surface area contributed by atoms with Gasteiger partial charge in [-0.25, -0.2) is 9.37 Å². The van der Waals surface area contributed by atoms with Gasteiger partial charge in [0.05, 0.1) is 0 Å². The van der Waals surface area contributed by atoms with Crippen LogP contribution in [0.5, 0.6) is 0 Å². The Morgan fingerprint density at radius 3 is 3.00 bits per heavy atom. The molecule has 2 aromatic heterocycles. The van der Waals surface area contributed by atoms with Crippen molar-refractivity contribution in [3.05, 3.63) is 35.2 Å². The highest BCUT2D eigenvalue weighted by atomic mass is 32.1. The molecular formula is C9H5FN2OS. The number of hydrogen-bond acceptors (Lipinski definition) is 4. The molecular weight excluding hydrogens is 203 g/mol. The minimum atomic E-state index is -0.431. The second kappa shape index (κ2) is 3.63. The number of rotatable bonds is 2. The zero-order valence-electron chi connectivity index (χ0n) is 6.98. The number of aromatic nitrogens is 2. The molecule has 2 aromatic rings. The maximum atomic E-state index is 13.2. The summed E-state index contributed by atoms with van der Waals surface area (Å²) in [5.74, 6) is -0.431. The third kappa shape index (κ3) is 1.54. The number of aldehydes is 1. The monoisotopic (exact) mass is 208 g/mol. The molecule has 0 aliphatic carbocycles. The lowest BCUT2D eigenvalue weighted by Crippen LogP contribution is -1.87. The SMILES string of the molecule is O=Cc1csc(-c2ncccc2F)n1. The number of carbonyl (C=O) groups excluding carboxylic acids is 1. The first kappa shape index (κ1) is 8.96. The summed E-state index contributed by atoms with van der Waals surface area (Å²) in [6, 6.07) is 2.82. The minimum Gasteiger partial charge on any atom is -0.296 e. The van der Waals surface area contributed by atoms with E-state index >= 15 is 0 Å². The normalized spacial score (nSPS) is 10.1. The van der Waals surface area contributed by atoms with Crippen LogP contribution >= 0.6 is 11.3 Å². The summed E-state index contributed by atoms with van der Waals surface area (Å²) in [4.78, 5) is 18.1. The Hall–Kier alpha value is -1.62. The van der Waals surface area contributed by atoms with E-state index in [9.17, 15) is 9.18 Å². The van der Waals surface area contributed by atoms with Gasteiger partial charge in [0.25, 0.3) is 0 Å². The van der Waals surface area contributed by atoms with E-state index in [1.165, 1.54) is 29.7 Å². The van der Waals surface area contributed by atoms with Crippen molar-refractivity contribution in [2.24, 2.45) is 0 Å². The molecule has 0 fully saturated rings. The fourth-order valence-electron chi connectivity index (χ4n) is 0.992. The molecule has 0 amide bonds. The first-order valence-electron chi connectivity index (χ1n) is 3.83. The Morgan fingerprint density at radius 1 is 1.50 bits per heavy atom. The molecule has 0 saturated carbocycles. The number of halogens is 1. The number of thiazole rings is 1. The average Bonchev–Trinajstić information content (AvgIpc) is 2.67. The molecule has 5 heteroatoms. The molecule has 0 atom stereocenters. The first-order chi connectivity index (χ1) is 6.81. The van der Waals surface area contributed by atoms with E-state index in [-0.39, 0.29) is 5.69 Å². The van der Waals surface area contributed by atoms with Crippen molar-refractivity contribution in [2.45, 2.75) is 0 Å². The molecule has 70 valence electrons. The van der Waals surface area contributed by atoms with Crippen molar-refractivity contribution in [3.8, 4) is 10.7 Å². The van der Waals surface area contributed by atoms with Crippen molar-refractivity contribution >= 4 is 17.6 Å². The van der Waals surface area contributed by atoms with Crippen LogP contribution in [0.2, 0.25) is 0 Å². The fourth-order valence-corrected chi connectivity index (χ4v) is 1.75. The molecule has 0 aromatic carbocycles. The third-order valence-corrected chi connectivity index (χ3v) is 2.47. The molecule has 2 heterocycles. The molecule has 0 bridgehead atoms. The van der Waals surface area contributed by atoms with Crippen molar-refractivity contribution in [3.63, 3.8) is 0 Å². The van der Waals surface area contributed by atoms with Gasteiger partial charge in [-0.2, -0.15) is 0 Å². The predicted molar refractivity (Wildman–Crippen MR) is 50.7 cm³/mol. The van der Waals surface area contributed by atoms with E-state index in [0.29, 0.717) is 17.0 Å². The Bertz CT molecular complexity index is 469. The molecule has 0 spiro atoms. The Labute approximate surface area is 83.3 Å².